The van der Waals surface area contributed by atoms with E-state index in [1.54, 1.807) is 18.2 Å². The molecule has 0 radical (unpaired) electrons. The molecule has 10 nitrogen and oxygen atoms in total. The van der Waals surface area contributed by atoms with Gasteiger partial charge < -0.3 is 24.0 Å². The van der Waals surface area contributed by atoms with Crippen LogP contribution in [0.25, 0.3) is 21.9 Å². The number of nitrogens with zero attached hydrogens (tertiary/aromatic N) is 1. The van der Waals surface area contributed by atoms with E-state index in [1.165, 1.54) is 44.9 Å². The monoisotopic (exact) mass is 412 g/mol. The summed E-state index contributed by atoms with van der Waals surface area (Å²) in [6.07, 6.45) is 2.79. The molecule has 30 heavy (non-hydrogen) atoms. The van der Waals surface area contributed by atoms with E-state index in [0.717, 1.165) is 0 Å². The molecule has 4 rings (SSSR count). The van der Waals surface area contributed by atoms with Crippen LogP contribution in [0.3, 0.4) is 0 Å². The number of nitro benzene ring substituents is 1. The summed E-state index contributed by atoms with van der Waals surface area (Å²) in [5.74, 6) is -0.947. The summed E-state index contributed by atoms with van der Waals surface area (Å²) in [6.45, 7) is 0. The first kappa shape index (κ1) is 20.4. The van der Waals surface area contributed by atoms with Crippen LogP contribution in [0, 0.1) is 10.1 Å². The van der Waals surface area contributed by atoms with Gasteiger partial charge in [-0.05, 0) is 30.3 Å². The molecule has 2 N–H and O–H groups in total. The van der Waals surface area contributed by atoms with Crippen molar-refractivity contribution in [3.8, 4) is 0 Å². The van der Waals surface area contributed by atoms with Gasteiger partial charge in [0.1, 0.15) is 0 Å². The molecule has 0 spiro atoms. The van der Waals surface area contributed by atoms with Crippen LogP contribution in [0.15, 0.2) is 57.8 Å². The number of esters is 2. The van der Waals surface area contributed by atoms with Crippen molar-refractivity contribution in [2.24, 2.45) is 0 Å². The van der Waals surface area contributed by atoms with E-state index in [0.29, 0.717) is 27.6 Å². The van der Waals surface area contributed by atoms with Crippen molar-refractivity contribution in [2.45, 2.75) is 0 Å². The Morgan fingerprint density at radius 2 is 1.37 bits per heavy atom. The van der Waals surface area contributed by atoms with Crippen molar-refractivity contribution >= 4 is 45.3 Å². The second-order valence-electron chi connectivity index (χ2n) is 5.90. The van der Waals surface area contributed by atoms with Crippen molar-refractivity contribution < 1.29 is 32.8 Å². The maximum absolute atomic E-state index is 11.4. The van der Waals surface area contributed by atoms with Crippen molar-refractivity contribution in [2.75, 3.05) is 20.0 Å². The first-order valence-electron chi connectivity index (χ1n) is 8.46. The number of nitro groups is 1. The van der Waals surface area contributed by atoms with Crippen LogP contribution in [0.1, 0.15) is 20.7 Å². The van der Waals surface area contributed by atoms with Crippen LogP contribution >= 0.6 is 0 Å². The number of fused-ring (bicyclic) bond motifs is 2. The minimum absolute atomic E-state index is 0.0768. The molecule has 0 amide bonds. The topological polar surface area (TPSA) is 148 Å². The summed E-state index contributed by atoms with van der Waals surface area (Å²) in [5, 5.41) is 11.7. The van der Waals surface area contributed by atoms with Crippen LogP contribution in [0.4, 0.5) is 11.4 Å². The molecule has 0 fully saturated rings. The number of furan rings is 2. The number of non-ortho nitro benzene ring substituents is 1. The summed E-state index contributed by atoms with van der Waals surface area (Å²) in [5.41, 5.74) is 7.31. The maximum atomic E-state index is 11.4. The number of carbonyl (C=O) groups is 2. The normalized spacial score (nSPS) is 10.3. The molecule has 4 aromatic rings. The quantitative estimate of drug-likeness (QED) is 0.229. The van der Waals surface area contributed by atoms with Crippen LogP contribution in [0.2, 0.25) is 0 Å². The number of hydrogen-bond donors (Lipinski definition) is 1. The van der Waals surface area contributed by atoms with Gasteiger partial charge in [-0.25, -0.2) is 9.59 Å². The van der Waals surface area contributed by atoms with Crippen LogP contribution in [0.5, 0.6) is 0 Å². The Bertz CT molecular complexity index is 1250. The predicted molar refractivity (Wildman–Crippen MR) is 106 cm³/mol. The number of rotatable bonds is 3. The van der Waals surface area contributed by atoms with Gasteiger partial charge in [0.05, 0.1) is 48.5 Å². The van der Waals surface area contributed by atoms with Gasteiger partial charge in [0.2, 0.25) is 5.58 Å². The smallest absolute Gasteiger partial charge is 0.338 e. The van der Waals surface area contributed by atoms with Crippen molar-refractivity contribution in [3.63, 3.8) is 0 Å². The highest BCUT2D eigenvalue weighted by Crippen LogP contribution is 2.29. The van der Waals surface area contributed by atoms with Gasteiger partial charge in [-0.15, -0.1) is 0 Å². The lowest BCUT2D eigenvalue weighted by Gasteiger charge is -2.01. The summed E-state index contributed by atoms with van der Waals surface area (Å²) in [4.78, 5) is 32.8. The van der Waals surface area contributed by atoms with Crippen molar-refractivity contribution in [1.29, 1.82) is 0 Å². The lowest BCUT2D eigenvalue weighted by Crippen LogP contribution is -2.02. The zero-order valence-electron chi connectivity index (χ0n) is 15.9. The zero-order chi connectivity index (χ0) is 21.8. The number of benzene rings is 2. The van der Waals surface area contributed by atoms with Gasteiger partial charge in [-0.3, -0.25) is 10.1 Å². The first-order chi connectivity index (χ1) is 14.4. The van der Waals surface area contributed by atoms with E-state index in [1.807, 2.05) is 0 Å². The SMILES string of the molecule is COC(=O)c1ccc(N)c2occc12.COC(=O)c1ccc([N+](=O)[O-])c2occc12. The molecule has 0 aliphatic rings. The highest BCUT2D eigenvalue weighted by Gasteiger charge is 2.20. The fraction of sp³-hybridized carbons (Fsp3) is 0.100. The summed E-state index contributed by atoms with van der Waals surface area (Å²) in [6, 6.07) is 9.00. The second-order valence-corrected chi connectivity index (χ2v) is 5.90. The number of methoxy groups -OCH3 is 2. The minimum Gasteiger partial charge on any atom is -0.465 e. The van der Waals surface area contributed by atoms with E-state index in [9.17, 15) is 19.7 Å². The number of carbonyl (C=O) groups excluding carboxylic acids is 2. The molecule has 0 aliphatic carbocycles. The Morgan fingerprint density at radius 1 is 0.867 bits per heavy atom. The van der Waals surface area contributed by atoms with Crippen molar-refractivity contribution in [3.05, 3.63) is 70.2 Å². The Balaban J connectivity index is 0.000000172. The Labute approximate surface area is 168 Å². The van der Waals surface area contributed by atoms with Gasteiger partial charge in [0.25, 0.3) is 0 Å². The molecular weight excluding hydrogens is 396 g/mol. The lowest BCUT2D eigenvalue weighted by molar-refractivity contribution is -0.383. The fourth-order valence-corrected chi connectivity index (χ4v) is 2.85. The molecule has 154 valence electrons. The number of ether oxygens (including phenoxy) is 2. The summed E-state index contributed by atoms with van der Waals surface area (Å²) in [7, 11) is 2.58. The van der Waals surface area contributed by atoms with Gasteiger partial charge in [0.15, 0.2) is 5.58 Å². The van der Waals surface area contributed by atoms with Crippen LogP contribution in [-0.2, 0) is 9.47 Å². The van der Waals surface area contributed by atoms with E-state index in [4.69, 9.17) is 14.6 Å². The molecule has 10 heteroatoms. The van der Waals surface area contributed by atoms with Gasteiger partial charge in [-0.2, -0.15) is 0 Å². The number of anilines is 1. The standard InChI is InChI=1S/C10H7NO5.C10H9NO3/c1-15-10(12)7-2-3-8(11(13)14)9-6(7)4-5-16-9;1-13-10(12)7-2-3-8(11)9-6(7)4-5-14-9/h2-5H,1H3;2-5H,11H2,1H3. The summed E-state index contributed by atoms with van der Waals surface area (Å²) < 4.78 is 19.3. The third-order valence-electron chi connectivity index (χ3n) is 4.25. The molecule has 0 aliphatic heterocycles. The number of nitrogen functional groups attached to an aromatic ring is 1. The molecule has 0 saturated carbocycles. The lowest BCUT2D eigenvalue weighted by atomic mass is 10.1. The largest absolute Gasteiger partial charge is 0.465 e. The van der Waals surface area contributed by atoms with E-state index < -0.39 is 16.9 Å². The van der Waals surface area contributed by atoms with Gasteiger partial charge in [-0.1, -0.05) is 0 Å². The fourth-order valence-electron chi connectivity index (χ4n) is 2.85. The highest BCUT2D eigenvalue weighted by atomic mass is 16.6. The van der Waals surface area contributed by atoms with E-state index in [-0.39, 0.29) is 16.8 Å². The summed E-state index contributed by atoms with van der Waals surface area (Å²) >= 11 is 0. The van der Waals surface area contributed by atoms with Gasteiger partial charge in [0, 0.05) is 16.8 Å². The van der Waals surface area contributed by atoms with Gasteiger partial charge >= 0.3 is 17.6 Å². The number of nitrogens with two attached hydrogens (primary N) is 1. The molecule has 0 atom stereocenters. The molecule has 0 saturated heterocycles. The highest BCUT2D eigenvalue weighted by molar-refractivity contribution is 6.06. The second kappa shape index (κ2) is 8.35. The average molecular weight is 412 g/mol. The molecule has 2 aromatic heterocycles. The Morgan fingerprint density at radius 3 is 1.90 bits per heavy atom. The predicted octanol–water partition coefficient (Wildman–Crippen LogP) is 3.93. The molecule has 2 aromatic carbocycles. The van der Waals surface area contributed by atoms with E-state index >= 15 is 0 Å². The molecule has 2 heterocycles. The Kier molecular flexibility index (Phi) is 5.68. The molecular formula is C20H16N2O8. The minimum atomic E-state index is -0.563. The average Bonchev–Trinajstić information content (AvgIpc) is 3.43. The Hall–Kier alpha value is -4.34. The van der Waals surface area contributed by atoms with Crippen LogP contribution in [-0.4, -0.2) is 31.1 Å². The van der Waals surface area contributed by atoms with Crippen LogP contribution < -0.4 is 5.73 Å². The molecule has 0 unspecified atom stereocenters. The third kappa shape index (κ3) is 3.65. The first-order valence-corrected chi connectivity index (χ1v) is 8.46. The third-order valence-corrected chi connectivity index (χ3v) is 4.25. The van der Waals surface area contributed by atoms with E-state index in [2.05, 4.69) is 9.47 Å². The molecule has 0 bridgehead atoms. The zero-order valence-corrected chi connectivity index (χ0v) is 15.9. The van der Waals surface area contributed by atoms with Crippen molar-refractivity contribution in [1.82, 2.24) is 0 Å². The number of hydrogen-bond acceptors (Lipinski definition) is 9. The maximum Gasteiger partial charge on any atom is 0.338 e.